The number of nitrogens with two attached hydrogens (primary N) is 1. The molecule has 0 aliphatic carbocycles. The van der Waals surface area contributed by atoms with E-state index in [1.807, 2.05) is 13.0 Å². The fourth-order valence-electron chi connectivity index (χ4n) is 0.615. The molecule has 1 atom stereocenters. The summed E-state index contributed by atoms with van der Waals surface area (Å²) in [5.74, 6) is 0. The van der Waals surface area contributed by atoms with E-state index in [1.165, 1.54) is 5.57 Å². The first-order valence-corrected chi connectivity index (χ1v) is 3.71. The van der Waals surface area contributed by atoms with Gasteiger partial charge in [-0.1, -0.05) is 17.7 Å². The normalized spacial score (nSPS) is 14.9. The van der Waals surface area contributed by atoms with E-state index in [-0.39, 0.29) is 6.04 Å². The van der Waals surface area contributed by atoms with Crippen molar-refractivity contribution in [2.45, 2.75) is 32.7 Å². The summed E-state index contributed by atoms with van der Waals surface area (Å²) in [4.78, 5) is 0. The largest absolute Gasteiger partial charge is 0.324 e. The van der Waals surface area contributed by atoms with Gasteiger partial charge in [0.15, 0.2) is 0 Å². The van der Waals surface area contributed by atoms with Gasteiger partial charge in [0.2, 0.25) is 0 Å². The van der Waals surface area contributed by atoms with Gasteiger partial charge in [-0.05, 0) is 26.7 Å². The molecule has 58 valence electrons. The third-order valence-corrected chi connectivity index (χ3v) is 1.56. The Kier molecular flexibility index (Phi) is 4.95. The summed E-state index contributed by atoms with van der Waals surface area (Å²) in [5.41, 5.74) is 6.89. The molecule has 0 saturated heterocycles. The molecular weight excluding hydrogens is 122 g/mol. The third kappa shape index (κ3) is 4.33. The Morgan fingerprint density at radius 1 is 1.60 bits per heavy atom. The zero-order valence-electron chi connectivity index (χ0n) is 6.93. The van der Waals surface area contributed by atoms with Crippen molar-refractivity contribution in [1.82, 2.24) is 0 Å². The van der Waals surface area contributed by atoms with Gasteiger partial charge in [-0.3, -0.25) is 0 Å². The molecule has 0 fully saturated rings. The first-order chi connectivity index (χ1) is 4.68. The highest BCUT2D eigenvalue weighted by Crippen LogP contribution is 2.01. The van der Waals surface area contributed by atoms with Crippen molar-refractivity contribution < 1.29 is 0 Å². The smallest absolute Gasteiger partial charge is 0.0222 e. The summed E-state index contributed by atoms with van der Waals surface area (Å²) in [7, 11) is 0. The van der Waals surface area contributed by atoms with Crippen LogP contribution in [0.15, 0.2) is 24.3 Å². The average molecular weight is 139 g/mol. The molecule has 0 rings (SSSR count). The Bertz CT molecular complexity index is 123. The molecule has 0 spiro atoms. The second-order valence-electron chi connectivity index (χ2n) is 2.60. The highest BCUT2D eigenvalue weighted by atomic mass is 14.6. The molecule has 1 nitrogen and oxygen atoms in total. The Balaban J connectivity index is 3.57. The van der Waals surface area contributed by atoms with Gasteiger partial charge in [0.05, 0.1) is 0 Å². The van der Waals surface area contributed by atoms with E-state index in [9.17, 15) is 0 Å². The van der Waals surface area contributed by atoms with Crippen molar-refractivity contribution in [2.24, 2.45) is 5.73 Å². The van der Waals surface area contributed by atoms with Gasteiger partial charge in [0.1, 0.15) is 0 Å². The molecule has 10 heavy (non-hydrogen) atoms. The van der Waals surface area contributed by atoms with E-state index in [1.54, 1.807) is 0 Å². The summed E-state index contributed by atoms with van der Waals surface area (Å²) in [5, 5.41) is 0. The topological polar surface area (TPSA) is 26.0 Å². The number of hydrogen-bond donors (Lipinski definition) is 1. The molecule has 0 aliphatic heterocycles. The van der Waals surface area contributed by atoms with Crippen molar-refractivity contribution in [1.29, 1.82) is 0 Å². The van der Waals surface area contributed by atoms with Crippen LogP contribution >= 0.6 is 0 Å². The molecule has 1 heteroatoms. The molecule has 0 aromatic carbocycles. The van der Waals surface area contributed by atoms with Gasteiger partial charge in [-0.25, -0.2) is 0 Å². The molecule has 0 radical (unpaired) electrons. The van der Waals surface area contributed by atoms with Gasteiger partial charge in [0.25, 0.3) is 0 Å². The van der Waals surface area contributed by atoms with Crippen molar-refractivity contribution >= 4 is 0 Å². The minimum atomic E-state index is 0.199. The molecule has 0 amide bonds. The first kappa shape index (κ1) is 9.44. The number of rotatable bonds is 4. The minimum absolute atomic E-state index is 0.199. The van der Waals surface area contributed by atoms with E-state index >= 15 is 0 Å². The lowest BCUT2D eigenvalue weighted by Gasteiger charge is -2.03. The van der Waals surface area contributed by atoms with Crippen LogP contribution in [0.25, 0.3) is 0 Å². The predicted octanol–water partition coefficient (Wildman–Crippen LogP) is 2.25. The van der Waals surface area contributed by atoms with Crippen LogP contribution in [0.3, 0.4) is 0 Å². The SMILES string of the molecule is C=CCC/C=C(\C)[C@H](C)N. The Morgan fingerprint density at radius 2 is 2.20 bits per heavy atom. The average Bonchev–Trinajstić information content (AvgIpc) is 1.88. The zero-order valence-corrected chi connectivity index (χ0v) is 6.93. The number of unbranched alkanes of at least 4 members (excludes halogenated alkanes) is 1. The Hall–Kier alpha value is -0.560. The lowest BCUT2D eigenvalue weighted by molar-refractivity contribution is 0.846. The molecule has 0 saturated carbocycles. The maximum atomic E-state index is 5.62. The van der Waals surface area contributed by atoms with Gasteiger partial charge in [-0.2, -0.15) is 0 Å². The Morgan fingerprint density at radius 3 is 2.60 bits per heavy atom. The van der Waals surface area contributed by atoms with E-state index in [2.05, 4.69) is 19.6 Å². The number of hydrogen-bond acceptors (Lipinski definition) is 1. The Labute approximate surface area is 63.6 Å². The van der Waals surface area contributed by atoms with E-state index in [4.69, 9.17) is 5.73 Å². The van der Waals surface area contributed by atoms with Crippen LogP contribution in [0.2, 0.25) is 0 Å². The molecule has 0 bridgehead atoms. The molecule has 2 N–H and O–H groups in total. The highest BCUT2D eigenvalue weighted by molar-refractivity contribution is 5.05. The monoisotopic (exact) mass is 139 g/mol. The summed E-state index contributed by atoms with van der Waals surface area (Å²) in [6.45, 7) is 7.70. The first-order valence-electron chi connectivity index (χ1n) is 3.71. The summed E-state index contributed by atoms with van der Waals surface area (Å²) >= 11 is 0. The second kappa shape index (κ2) is 5.24. The summed E-state index contributed by atoms with van der Waals surface area (Å²) < 4.78 is 0. The second-order valence-corrected chi connectivity index (χ2v) is 2.60. The van der Waals surface area contributed by atoms with Crippen LogP contribution in [0, 0.1) is 0 Å². The third-order valence-electron chi connectivity index (χ3n) is 1.56. The summed E-state index contributed by atoms with van der Waals surface area (Å²) in [6.07, 6.45) is 6.21. The standard InChI is InChI=1S/C9H17N/c1-4-5-6-7-8(2)9(3)10/h4,7,9H,1,5-6,10H2,2-3H3/b8-7+/t9-/m0/s1. The molecule has 0 aromatic heterocycles. The molecular formula is C9H17N. The van der Waals surface area contributed by atoms with Crippen molar-refractivity contribution in [2.75, 3.05) is 0 Å². The molecule has 0 heterocycles. The van der Waals surface area contributed by atoms with E-state index < -0.39 is 0 Å². The zero-order chi connectivity index (χ0) is 7.98. The van der Waals surface area contributed by atoms with Crippen molar-refractivity contribution in [3.05, 3.63) is 24.3 Å². The van der Waals surface area contributed by atoms with Crippen LogP contribution in [-0.2, 0) is 0 Å². The van der Waals surface area contributed by atoms with Gasteiger partial charge >= 0.3 is 0 Å². The van der Waals surface area contributed by atoms with E-state index in [0.717, 1.165) is 12.8 Å². The fourth-order valence-corrected chi connectivity index (χ4v) is 0.615. The minimum Gasteiger partial charge on any atom is -0.324 e. The van der Waals surface area contributed by atoms with Crippen LogP contribution in [0.1, 0.15) is 26.7 Å². The van der Waals surface area contributed by atoms with Crippen LogP contribution < -0.4 is 5.73 Å². The van der Waals surface area contributed by atoms with Gasteiger partial charge in [-0.15, -0.1) is 6.58 Å². The van der Waals surface area contributed by atoms with Crippen LogP contribution in [0.5, 0.6) is 0 Å². The van der Waals surface area contributed by atoms with Crippen molar-refractivity contribution in [3.63, 3.8) is 0 Å². The van der Waals surface area contributed by atoms with E-state index in [0.29, 0.717) is 0 Å². The van der Waals surface area contributed by atoms with Gasteiger partial charge < -0.3 is 5.73 Å². The van der Waals surface area contributed by atoms with Gasteiger partial charge in [0, 0.05) is 6.04 Å². The highest BCUT2D eigenvalue weighted by Gasteiger charge is 1.93. The molecule has 0 aromatic rings. The lowest BCUT2D eigenvalue weighted by atomic mass is 10.1. The number of allylic oxidation sites excluding steroid dienone is 2. The van der Waals surface area contributed by atoms with Crippen LogP contribution in [0.4, 0.5) is 0 Å². The fraction of sp³-hybridized carbons (Fsp3) is 0.556. The molecule has 0 aliphatic rings. The lowest BCUT2D eigenvalue weighted by Crippen LogP contribution is -2.15. The van der Waals surface area contributed by atoms with Crippen molar-refractivity contribution in [3.8, 4) is 0 Å². The summed E-state index contributed by atoms with van der Waals surface area (Å²) in [6, 6.07) is 0.199. The quantitative estimate of drug-likeness (QED) is 0.469. The maximum absolute atomic E-state index is 5.62. The van der Waals surface area contributed by atoms with Crippen LogP contribution in [-0.4, -0.2) is 6.04 Å². The molecule has 0 unspecified atom stereocenters. The predicted molar refractivity (Wildman–Crippen MR) is 46.8 cm³/mol. The maximum Gasteiger partial charge on any atom is 0.0222 e.